The van der Waals surface area contributed by atoms with Crippen LogP contribution in [0.2, 0.25) is 0 Å². The average Bonchev–Trinajstić information content (AvgIpc) is 3.15. The third-order valence-corrected chi connectivity index (χ3v) is 4.46. The number of aromatic nitrogens is 3. The molecule has 1 amide bonds. The van der Waals surface area contributed by atoms with Crippen LogP contribution >= 0.6 is 0 Å². The normalized spacial score (nSPS) is 16.0. The molecule has 1 N–H and O–H groups in total. The van der Waals surface area contributed by atoms with Gasteiger partial charge >= 0.3 is 0 Å². The van der Waals surface area contributed by atoms with Gasteiger partial charge in [0.15, 0.2) is 0 Å². The zero-order valence-electron chi connectivity index (χ0n) is 14.7. The van der Waals surface area contributed by atoms with E-state index in [1.807, 2.05) is 46.2 Å². The van der Waals surface area contributed by atoms with Gasteiger partial charge in [-0.2, -0.15) is 5.10 Å². The molecule has 1 saturated heterocycles. The Hall–Kier alpha value is -2.41. The maximum Gasteiger partial charge on any atom is 0.223 e. The SMILES string of the molecule is CC(Cn1cccn1)NCCC(=O)N1CCN(c2ccccn2)CC1. The molecular weight excluding hydrogens is 316 g/mol. The van der Waals surface area contributed by atoms with Crippen LogP contribution in [0.3, 0.4) is 0 Å². The highest BCUT2D eigenvalue weighted by Gasteiger charge is 2.21. The second-order valence-corrected chi connectivity index (χ2v) is 6.39. The first-order valence-electron chi connectivity index (χ1n) is 8.87. The molecule has 1 fully saturated rings. The Kier molecular flexibility index (Phi) is 6.00. The Morgan fingerprint density at radius 1 is 1.20 bits per heavy atom. The third kappa shape index (κ3) is 5.03. The molecule has 25 heavy (non-hydrogen) atoms. The number of nitrogens with zero attached hydrogens (tertiary/aromatic N) is 5. The Morgan fingerprint density at radius 2 is 2.04 bits per heavy atom. The number of carbonyl (C=O) groups excluding carboxylic acids is 1. The van der Waals surface area contributed by atoms with Crippen LogP contribution < -0.4 is 10.2 Å². The summed E-state index contributed by atoms with van der Waals surface area (Å²) >= 11 is 0. The molecule has 1 aliphatic rings. The van der Waals surface area contributed by atoms with E-state index in [4.69, 9.17) is 0 Å². The number of amides is 1. The van der Waals surface area contributed by atoms with Crippen molar-refractivity contribution in [2.45, 2.75) is 25.9 Å². The van der Waals surface area contributed by atoms with E-state index in [0.29, 0.717) is 13.0 Å². The van der Waals surface area contributed by atoms with Crippen molar-refractivity contribution in [3.63, 3.8) is 0 Å². The first kappa shape index (κ1) is 17.4. The van der Waals surface area contributed by atoms with Crippen LogP contribution in [0.15, 0.2) is 42.9 Å². The second kappa shape index (κ2) is 8.62. The minimum atomic E-state index is 0.222. The van der Waals surface area contributed by atoms with Crippen LogP contribution in [0.4, 0.5) is 5.82 Å². The van der Waals surface area contributed by atoms with Gasteiger partial charge in [0, 0.05) is 63.8 Å². The van der Waals surface area contributed by atoms with Gasteiger partial charge < -0.3 is 15.1 Å². The summed E-state index contributed by atoms with van der Waals surface area (Å²) < 4.78 is 1.90. The highest BCUT2D eigenvalue weighted by atomic mass is 16.2. The van der Waals surface area contributed by atoms with Gasteiger partial charge in [0.05, 0.1) is 6.54 Å². The smallest absolute Gasteiger partial charge is 0.223 e. The number of carbonyl (C=O) groups is 1. The van der Waals surface area contributed by atoms with Crippen molar-refractivity contribution in [3.05, 3.63) is 42.9 Å². The van der Waals surface area contributed by atoms with Crippen molar-refractivity contribution >= 4 is 11.7 Å². The summed E-state index contributed by atoms with van der Waals surface area (Å²) in [7, 11) is 0. The van der Waals surface area contributed by atoms with E-state index in [1.54, 1.807) is 6.20 Å². The standard InChI is InChI=1S/C18H26N6O/c1-16(15-24-10-4-8-21-24)19-9-6-18(25)23-13-11-22(12-14-23)17-5-2-3-7-20-17/h2-5,7-8,10,16,19H,6,9,11-15H2,1H3. The van der Waals surface area contributed by atoms with Crippen molar-refractivity contribution in [1.82, 2.24) is 25.0 Å². The Labute approximate surface area is 148 Å². The lowest BCUT2D eigenvalue weighted by atomic mass is 10.2. The number of nitrogens with one attached hydrogen (secondary N) is 1. The number of pyridine rings is 1. The van der Waals surface area contributed by atoms with E-state index in [-0.39, 0.29) is 11.9 Å². The molecule has 0 spiro atoms. The van der Waals surface area contributed by atoms with Crippen molar-refractivity contribution < 1.29 is 4.79 Å². The molecule has 0 saturated carbocycles. The number of anilines is 1. The van der Waals surface area contributed by atoms with Crippen LogP contribution in [-0.4, -0.2) is 64.3 Å². The summed E-state index contributed by atoms with van der Waals surface area (Å²) in [5.41, 5.74) is 0. The molecule has 0 bridgehead atoms. The van der Waals surface area contributed by atoms with Gasteiger partial charge in [0.25, 0.3) is 0 Å². The van der Waals surface area contributed by atoms with E-state index < -0.39 is 0 Å². The fraction of sp³-hybridized carbons (Fsp3) is 0.500. The Balaban J connectivity index is 1.35. The lowest BCUT2D eigenvalue weighted by Crippen LogP contribution is -2.49. The predicted molar refractivity (Wildman–Crippen MR) is 97.3 cm³/mol. The van der Waals surface area contributed by atoms with Crippen molar-refractivity contribution in [2.75, 3.05) is 37.6 Å². The molecule has 1 aliphatic heterocycles. The molecule has 7 nitrogen and oxygen atoms in total. The van der Waals surface area contributed by atoms with Gasteiger partial charge in [-0.3, -0.25) is 9.48 Å². The van der Waals surface area contributed by atoms with Gasteiger partial charge in [0.1, 0.15) is 5.82 Å². The molecule has 0 aromatic carbocycles. The number of hydrogen-bond acceptors (Lipinski definition) is 5. The number of piperazine rings is 1. The molecular formula is C18H26N6O. The largest absolute Gasteiger partial charge is 0.353 e. The second-order valence-electron chi connectivity index (χ2n) is 6.39. The first-order valence-corrected chi connectivity index (χ1v) is 8.87. The molecule has 134 valence electrons. The Bertz CT molecular complexity index is 637. The van der Waals surface area contributed by atoms with Crippen LogP contribution in [0.1, 0.15) is 13.3 Å². The van der Waals surface area contributed by atoms with E-state index >= 15 is 0 Å². The molecule has 1 unspecified atom stereocenters. The van der Waals surface area contributed by atoms with Crippen LogP contribution in [-0.2, 0) is 11.3 Å². The molecule has 0 radical (unpaired) electrons. The summed E-state index contributed by atoms with van der Waals surface area (Å²) in [6.07, 6.45) is 6.07. The maximum atomic E-state index is 12.4. The van der Waals surface area contributed by atoms with Crippen molar-refractivity contribution in [3.8, 4) is 0 Å². The van der Waals surface area contributed by atoms with Crippen LogP contribution in [0.25, 0.3) is 0 Å². The molecule has 7 heteroatoms. The van der Waals surface area contributed by atoms with E-state index in [9.17, 15) is 4.79 Å². The molecule has 1 atom stereocenters. The van der Waals surface area contributed by atoms with Gasteiger partial charge in [-0.15, -0.1) is 0 Å². The van der Waals surface area contributed by atoms with Gasteiger partial charge in [0.2, 0.25) is 5.91 Å². The average molecular weight is 342 g/mol. The predicted octanol–water partition coefficient (Wildman–Crippen LogP) is 0.995. The molecule has 0 aliphatic carbocycles. The minimum absolute atomic E-state index is 0.222. The maximum absolute atomic E-state index is 12.4. The summed E-state index contributed by atoms with van der Waals surface area (Å²) in [5, 5.41) is 7.59. The van der Waals surface area contributed by atoms with E-state index in [0.717, 1.165) is 38.5 Å². The number of hydrogen-bond donors (Lipinski definition) is 1. The highest BCUT2D eigenvalue weighted by molar-refractivity contribution is 5.76. The Morgan fingerprint density at radius 3 is 2.72 bits per heavy atom. The zero-order chi connectivity index (χ0) is 17.5. The van der Waals surface area contributed by atoms with Crippen molar-refractivity contribution in [2.24, 2.45) is 0 Å². The fourth-order valence-electron chi connectivity index (χ4n) is 3.06. The van der Waals surface area contributed by atoms with Gasteiger partial charge in [-0.25, -0.2) is 4.98 Å². The topological polar surface area (TPSA) is 66.3 Å². The minimum Gasteiger partial charge on any atom is -0.353 e. The van der Waals surface area contributed by atoms with Crippen molar-refractivity contribution in [1.29, 1.82) is 0 Å². The highest BCUT2D eigenvalue weighted by Crippen LogP contribution is 2.12. The molecule has 3 heterocycles. The fourth-order valence-corrected chi connectivity index (χ4v) is 3.06. The van der Waals surface area contributed by atoms with E-state index in [1.165, 1.54) is 0 Å². The molecule has 3 rings (SSSR count). The van der Waals surface area contributed by atoms with Gasteiger partial charge in [-0.05, 0) is 25.1 Å². The first-order chi connectivity index (χ1) is 12.2. The summed E-state index contributed by atoms with van der Waals surface area (Å²) in [5.74, 6) is 1.21. The van der Waals surface area contributed by atoms with Crippen LogP contribution in [0, 0.1) is 0 Å². The molecule has 2 aromatic heterocycles. The number of rotatable bonds is 7. The summed E-state index contributed by atoms with van der Waals surface area (Å²) in [6.45, 7) is 6.82. The quantitative estimate of drug-likeness (QED) is 0.813. The lowest BCUT2D eigenvalue weighted by molar-refractivity contribution is -0.131. The monoisotopic (exact) mass is 342 g/mol. The lowest BCUT2D eigenvalue weighted by Gasteiger charge is -2.35. The summed E-state index contributed by atoms with van der Waals surface area (Å²) in [4.78, 5) is 20.9. The van der Waals surface area contributed by atoms with E-state index in [2.05, 4.69) is 27.2 Å². The van der Waals surface area contributed by atoms with Crippen LogP contribution in [0.5, 0.6) is 0 Å². The molecule has 2 aromatic rings. The third-order valence-electron chi connectivity index (χ3n) is 4.46. The summed E-state index contributed by atoms with van der Waals surface area (Å²) in [6, 6.07) is 8.14. The van der Waals surface area contributed by atoms with Gasteiger partial charge in [-0.1, -0.05) is 6.07 Å². The zero-order valence-corrected chi connectivity index (χ0v) is 14.7.